The molecule has 10 heteroatoms. The molecule has 186 valence electrons. The summed E-state index contributed by atoms with van der Waals surface area (Å²) < 4.78 is 5.80. The van der Waals surface area contributed by atoms with Crippen molar-refractivity contribution in [3.05, 3.63) is 62.6 Å². The largest absolute Gasteiger partial charge is 0.455 e. The average Bonchev–Trinajstić information content (AvgIpc) is 3.17. The van der Waals surface area contributed by atoms with Crippen molar-refractivity contribution in [1.82, 2.24) is 10.4 Å². The quantitative estimate of drug-likeness (QED) is 0.507. The molecule has 8 nitrogen and oxygen atoms in total. The zero-order chi connectivity index (χ0) is 25.9. The van der Waals surface area contributed by atoms with Gasteiger partial charge in [-0.1, -0.05) is 44.5 Å². The maximum Gasteiger partial charge on any atom is 0.311 e. The molecule has 0 bridgehead atoms. The van der Waals surface area contributed by atoms with Gasteiger partial charge < -0.3 is 10.1 Å². The predicted molar refractivity (Wildman–Crippen MR) is 136 cm³/mol. The van der Waals surface area contributed by atoms with Crippen LogP contribution < -0.4 is 10.7 Å². The zero-order valence-corrected chi connectivity index (χ0v) is 22.2. The summed E-state index contributed by atoms with van der Waals surface area (Å²) in [5.74, 6) is -2.87. The summed E-state index contributed by atoms with van der Waals surface area (Å²) in [7, 11) is 0. The molecule has 1 aliphatic heterocycles. The Bertz CT molecular complexity index is 1160. The Kier molecular flexibility index (Phi) is 8.22. The number of amides is 3. The fourth-order valence-corrected chi connectivity index (χ4v) is 4.10. The number of ether oxygens (including phenoxy) is 1. The molecule has 1 atom stereocenters. The van der Waals surface area contributed by atoms with Crippen LogP contribution >= 0.6 is 27.5 Å². The van der Waals surface area contributed by atoms with Crippen LogP contribution in [0.1, 0.15) is 48.7 Å². The molecule has 35 heavy (non-hydrogen) atoms. The van der Waals surface area contributed by atoms with Crippen molar-refractivity contribution in [1.29, 1.82) is 0 Å². The van der Waals surface area contributed by atoms with Crippen molar-refractivity contribution in [2.75, 3.05) is 18.5 Å². The van der Waals surface area contributed by atoms with E-state index in [9.17, 15) is 19.2 Å². The molecule has 1 heterocycles. The fraction of sp³-hybridized carbons (Fsp3) is 0.360. The van der Waals surface area contributed by atoms with Gasteiger partial charge in [0.25, 0.3) is 11.8 Å². The number of benzene rings is 2. The van der Waals surface area contributed by atoms with Crippen LogP contribution in [0.4, 0.5) is 5.69 Å². The number of nitrogens with zero attached hydrogens (tertiary/aromatic N) is 1. The lowest BCUT2D eigenvalue weighted by atomic mass is 9.87. The van der Waals surface area contributed by atoms with E-state index in [-0.39, 0.29) is 18.4 Å². The Morgan fingerprint density at radius 3 is 2.43 bits per heavy atom. The van der Waals surface area contributed by atoms with E-state index in [4.69, 9.17) is 16.3 Å². The number of halogens is 2. The summed E-state index contributed by atoms with van der Waals surface area (Å²) in [5.41, 5.74) is 5.14. The van der Waals surface area contributed by atoms with Gasteiger partial charge in [0.05, 0.1) is 17.5 Å². The topological polar surface area (TPSA) is 105 Å². The first-order chi connectivity index (χ1) is 16.4. The number of anilines is 1. The molecule has 2 N–H and O–H groups in total. The van der Waals surface area contributed by atoms with Crippen LogP contribution in [0.25, 0.3) is 0 Å². The number of nitrogens with one attached hydrogen (secondary N) is 2. The standard InChI is InChI=1S/C25H27BrClN3O5/c1-14-19(10-9-18(26)22(14)27)28-20(31)13-35-24(34)16-11-21(32)30(12-16)29-23(33)15-5-7-17(8-6-15)25(2,3)4/h5-10,16H,11-13H2,1-4H3,(H,28,31)(H,29,33)/t16-/m0/s1. The molecule has 2 aromatic carbocycles. The summed E-state index contributed by atoms with van der Waals surface area (Å²) in [6.07, 6.45) is -0.120. The number of hydrogen-bond donors (Lipinski definition) is 2. The highest BCUT2D eigenvalue weighted by Crippen LogP contribution is 2.31. The van der Waals surface area contributed by atoms with E-state index in [2.05, 4.69) is 47.4 Å². The Hall–Kier alpha value is -2.91. The minimum absolute atomic E-state index is 0.0352. The minimum Gasteiger partial charge on any atom is -0.455 e. The lowest BCUT2D eigenvalue weighted by molar-refractivity contribution is -0.151. The van der Waals surface area contributed by atoms with E-state index in [1.165, 1.54) is 0 Å². The van der Waals surface area contributed by atoms with Gasteiger partial charge in [-0.25, -0.2) is 0 Å². The van der Waals surface area contributed by atoms with Gasteiger partial charge in [0.15, 0.2) is 6.61 Å². The highest BCUT2D eigenvalue weighted by molar-refractivity contribution is 9.10. The SMILES string of the molecule is Cc1c(NC(=O)COC(=O)[C@H]2CC(=O)N(NC(=O)c3ccc(C(C)(C)C)cc3)C2)ccc(Br)c1Cl. The van der Waals surface area contributed by atoms with Gasteiger partial charge in [-0.3, -0.25) is 29.6 Å². The van der Waals surface area contributed by atoms with Crippen molar-refractivity contribution in [3.63, 3.8) is 0 Å². The maximum atomic E-state index is 12.6. The third kappa shape index (κ3) is 6.61. The fourth-order valence-electron chi connectivity index (χ4n) is 3.51. The highest BCUT2D eigenvalue weighted by Gasteiger charge is 2.36. The molecule has 3 rings (SSSR count). The van der Waals surface area contributed by atoms with Crippen molar-refractivity contribution in [2.24, 2.45) is 5.92 Å². The van der Waals surface area contributed by atoms with E-state index >= 15 is 0 Å². The Balaban J connectivity index is 1.51. The molecule has 1 fully saturated rings. The van der Waals surface area contributed by atoms with Crippen molar-refractivity contribution in [3.8, 4) is 0 Å². The smallest absolute Gasteiger partial charge is 0.311 e. The Labute approximate surface area is 217 Å². The Morgan fingerprint density at radius 1 is 1.14 bits per heavy atom. The molecule has 1 aliphatic rings. The predicted octanol–water partition coefficient (Wildman–Crippen LogP) is 4.38. The number of hydrogen-bond acceptors (Lipinski definition) is 5. The minimum atomic E-state index is -0.789. The average molecular weight is 565 g/mol. The second-order valence-electron chi connectivity index (χ2n) is 9.36. The first kappa shape index (κ1) is 26.7. The summed E-state index contributed by atoms with van der Waals surface area (Å²) in [5, 5.41) is 4.22. The van der Waals surface area contributed by atoms with E-state index in [0.717, 1.165) is 10.6 Å². The Morgan fingerprint density at radius 2 is 1.80 bits per heavy atom. The molecule has 0 aliphatic carbocycles. The van der Waals surface area contributed by atoms with Gasteiger partial charge in [-0.15, -0.1) is 0 Å². The summed E-state index contributed by atoms with van der Waals surface area (Å²) >= 11 is 9.47. The summed E-state index contributed by atoms with van der Waals surface area (Å²) in [6.45, 7) is 7.43. The molecule has 0 aromatic heterocycles. The first-order valence-electron chi connectivity index (χ1n) is 11.0. The van der Waals surface area contributed by atoms with Gasteiger partial charge in [-0.05, 0) is 63.7 Å². The first-order valence-corrected chi connectivity index (χ1v) is 12.2. The molecule has 1 saturated heterocycles. The second kappa shape index (κ2) is 10.8. The molecule has 2 aromatic rings. The normalized spacial score (nSPS) is 15.7. The van der Waals surface area contributed by atoms with Crippen LogP contribution in [-0.4, -0.2) is 41.9 Å². The van der Waals surface area contributed by atoms with Gasteiger partial charge in [-0.2, -0.15) is 0 Å². The highest BCUT2D eigenvalue weighted by atomic mass is 79.9. The third-order valence-corrected chi connectivity index (χ3v) is 7.04. The number of carbonyl (C=O) groups excluding carboxylic acids is 4. The molecule has 0 unspecified atom stereocenters. The molecule has 0 spiro atoms. The van der Waals surface area contributed by atoms with Crippen LogP contribution in [0.5, 0.6) is 0 Å². The lowest BCUT2D eigenvalue weighted by Crippen LogP contribution is -2.43. The van der Waals surface area contributed by atoms with Gasteiger partial charge in [0.2, 0.25) is 5.91 Å². The van der Waals surface area contributed by atoms with E-state index in [1.54, 1.807) is 31.2 Å². The molecule has 0 radical (unpaired) electrons. The van der Waals surface area contributed by atoms with Crippen LogP contribution in [-0.2, 0) is 24.5 Å². The second-order valence-corrected chi connectivity index (χ2v) is 10.6. The maximum absolute atomic E-state index is 12.6. The number of carbonyl (C=O) groups is 4. The van der Waals surface area contributed by atoms with E-state index in [1.807, 2.05) is 12.1 Å². The summed E-state index contributed by atoms with van der Waals surface area (Å²) in [4.78, 5) is 49.5. The van der Waals surface area contributed by atoms with Gasteiger partial charge >= 0.3 is 5.97 Å². The number of esters is 1. The van der Waals surface area contributed by atoms with Crippen molar-refractivity contribution >= 4 is 56.9 Å². The van der Waals surface area contributed by atoms with Crippen LogP contribution in [0.15, 0.2) is 40.9 Å². The molecular formula is C25H27BrClN3O5. The van der Waals surface area contributed by atoms with Crippen molar-refractivity contribution < 1.29 is 23.9 Å². The van der Waals surface area contributed by atoms with E-state index in [0.29, 0.717) is 26.3 Å². The van der Waals surface area contributed by atoms with Gasteiger partial charge in [0, 0.05) is 22.1 Å². The van der Waals surface area contributed by atoms with Crippen LogP contribution in [0, 0.1) is 12.8 Å². The summed E-state index contributed by atoms with van der Waals surface area (Å²) in [6, 6.07) is 10.5. The number of hydrazine groups is 1. The van der Waals surface area contributed by atoms with Crippen LogP contribution in [0.3, 0.4) is 0 Å². The number of rotatable bonds is 6. The molecule has 0 saturated carbocycles. The monoisotopic (exact) mass is 563 g/mol. The van der Waals surface area contributed by atoms with Gasteiger partial charge in [0.1, 0.15) is 0 Å². The van der Waals surface area contributed by atoms with Crippen LogP contribution in [0.2, 0.25) is 5.02 Å². The van der Waals surface area contributed by atoms with Crippen molar-refractivity contribution in [2.45, 2.75) is 39.5 Å². The zero-order valence-electron chi connectivity index (χ0n) is 19.9. The molecular weight excluding hydrogens is 538 g/mol. The molecule has 3 amide bonds. The third-order valence-electron chi connectivity index (χ3n) is 5.67. The lowest BCUT2D eigenvalue weighted by Gasteiger charge is -2.20. The van der Waals surface area contributed by atoms with E-state index < -0.39 is 36.2 Å².